The number of ether oxygens (including phenoxy) is 1. The first-order valence-electron chi connectivity index (χ1n) is 11.4. The Hall–Kier alpha value is -3.23. The number of piperazine rings is 1. The zero-order valence-electron chi connectivity index (χ0n) is 18.9. The van der Waals surface area contributed by atoms with Crippen molar-refractivity contribution < 1.29 is 19.4 Å². The fourth-order valence-corrected chi connectivity index (χ4v) is 4.21. The van der Waals surface area contributed by atoms with E-state index in [1.54, 1.807) is 18.5 Å². The molecule has 0 radical (unpaired) electrons. The van der Waals surface area contributed by atoms with E-state index in [1.165, 1.54) is 4.90 Å². The summed E-state index contributed by atoms with van der Waals surface area (Å²) in [5.74, 6) is 0.170. The molecular formula is C25H30N4O4. The molecule has 8 heteroatoms. The number of hydrogen-bond acceptors (Lipinski definition) is 7. The minimum Gasteiger partial charge on any atom is -0.494 e. The highest BCUT2D eigenvalue weighted by molar-refractivity contribution is 6.35. The van der Waals surface area contributed by atoms with Gasteiger partial charge in [-0.1, -0.05) is 25.1 Å². The highest BCUT2D eigenvalue weighted by Crippen LogP contribution is 2.33. The number of imide groups is 1. The summed E-state index contributed by atoms with van der Waals surface area (Å²) in [6.07, 6.45) is 4.25. The van der Waals surface area contributed by atoms with Crippen molar-refractivity contribution in [2.75, 3.05) is 45.9 Å². The molecule has 1 N–H and O–H groups in total. The minimum absolute atomic E-state index is 0.108. The van der Waals surface area contributed by atoms with E-state index in [0.29, 0.717) is 43.1 Å². The highest BCUT2D eigenvalue weighted by Gasteiger charge is 2.42. The molecule has 1 aromatic carbocycles. The molecule has 2 aliphatic heterocycles. The highest BCUT2D eigenvalue weighted by atomic mass is 16.5. The van der Waals surface area contributed by atoms with Crippen LogP contribution >= 0.6 is 0 Å². The van der Waals surface area contributed by atoms with Crippen LogP contribution in [0.2, 0.25) is 0 Å². The van der Waals surface area contributed by atoms with Crippen LogP contribution in [0.3, 0.4) is 0 Å². The zero-order valence-corrected chi connectivity index (χ0v) is 18.9. The second-order valence-electron chi connectivity index (χ2n) is 8.21. The molecule has 0 unspecified atom stereocenters. The Balaban J connectivity index is 1.64. The monoisotopic (exact) mass is 450 g/mol. The van der Waals surface area contributed by atoms with Crippen LogP contribution in [0.4, 0.5) is 0 Å². The lowest BCUT2D eigenvalue weighted by atomic mass is 10.0. The number of aromatic nitrogens is 1. The van der Waals surface area contributed by atoms with Crippen LogP contribution in [0, 0.1) is 0 Å². The second-order valence-corrected chi connectivity index (χ2v) is 8.21. The number of rotatable bonds is 9. The summed E-state index contributed by atoms with van der Waals surface area (Å²) in [5, 5.41) is 9.23. The van der Waals surface area contributed by atoms with Gasteiger partial charge < -0.3 is 14.7 Å². The Bertz CT molecular complexity index is 999. The average molecular weight is 451 g/mol. The maximum Gasteiger partial charge on any atom is 0.278 e. The minimum atomic E-state index is -0.293. The Kier molecular flexibility index (Phi) is 7.36. The van der Waals surface area contributed by atoms with E-state index in [0.717, 1.165) is 30.8 Å². The van der Waals surface area contributed by atoms with Crippen molar-refractivity contribution in [2.45, 2.75) is 19.9 Å². The maximum absolute atomic E-state index is 13.5. The summed E-state index contributed by atoms with van der Waals surface area (Å²) in [5.41, 5.74) is 2.39. The summed E-state index contributed by atoms with van der Waals surface area (Å²) in [4.78, 5) is 36.6. The van der Waals surface area contributed by atoms with E-state index in [9.17, 15) is 14.7 Å². The van der Waals surface area contributed by atoms with Gasteiger partial charge in [0, 0.05) is 45.1 Å². The van der Waals surface area contributed by atoms with Crippen LogP contribution in [-0.4, -0.2) is 82.5 Å². The molecule has 0 saturated carbocycles. The van der Waals surface area contributed by atoms with E-state index < -0.39 is 0 Å². The van der Waals surface area contributed by atoms with Gasteiger partial charge in [0.15, 0.2) is 0 Å². The number of nitrogens with zero attached hydrogens (tertiary/aromatic N) is 4. The lowest BCUT2D eigenvalue weighted by molar-refractivity contribution is -0.138. The molecule has 1 saturated heterocycles. The van der Waals surface area contributed by atoms with Crippen molar-refractivity contribution >= 4 is 17.4 Å². The number of hydrogen-bond donors (Lipinski definition) is 1. The van der Waals surface area contributed by atoms with Gasteiger partial charge in [0.05, 0.1) is 25.3 Å². The first kappa shape index (κ1) is 22.9. The second kappa shape index (κ2) is 10.6. The first-order chi connectivity index (χ1) is 16.1. The third-order valence-electron chi connectivity index (χ3n) is 5.93. The van der Waals surface area contributed by atoms with Crippen LogP contribution in [0.15, 0.2) is 54.5 Å². The van der Waals surface area contributed by atoms with Crippen LogP contribution < -0.4 is 4.74 Å². The van der Waals surface area contributed by atoms with Gasteiger partial charge in [-0.25, -0.2) is 0 Å². The molecule has 2 aliphatic rings. The molecule has 174 valence electrons. The van der Waals surface area contributed by atoms with Crippen molar-refractivity contribution in [2.24, 2.45) is 0 Å². The van der Waals surface area contributed by atoms with E-state index >= 15 is 0 Å². The molecule has 0 bridgehead atoms. The molecular weight excluding hydrogens is 420 g/mol. The fourth-order valence-electron chi connectivity index (χ4n) is 4.21. The third kappa shape index (κ3) is 5.07. The Morgan fingerprint density at radius 2 is 1.79 bits per heavy atom. The lowest BCUT2D eigenvalue weighted by Crippen LogP contribution is -2.48. The smallest absolute Gasteiger partial charge is 0.278 e. The molecule has 1 fully saturated rings. The van der Waals surface area contributed by atoms with Gasteiger partial charge in [0.25, 0.3) is 11.8 Å². The van der Waals surface area contributed by atoms with Crippen LogP contribution in [0.1, 0.15) is 24.5 Å². The summed E-state index contributed by atoms with van der Waals surface area (Å²) in [6.45, 7) is 6.27. The lowest BCUT2D eigenvalue weighted by Gasteiger charge is -2.36. The average Bonchev–Trinajstić information content (AvgIpc) is 3.09. The van der Waals surface area contributed by atoms with Crippen molar-refractivity contribution in [1.82, 2.24) is 19.7 Å². The summed E-state index contributed by atoms with van der Waals surface area (Å²) < 4.78 is 5.68. The summed E-state index contributed by atoms with van der Waals surface area (Å²) in [6, 6.07) is 11.0. The Labute approximate surface area is 194 Å². The number of aliphatic hydroxyl groups is 1. The van der Waals surface area contributed by atoms with Crippen LogP contribution in [0.5, 0.6) is 5.75 Å². The molecule has 8 nitrogen and oxygen atoms in total. The number of carbonyl (C=O) groups is 2. The van der Waals surface area contributed by atoms with E-state index in [2.05, 4.69) is 9.88 Å². The van der Waals surface area contributed by atoms with Gasteiger partial charge >= 0.3 is 0 Å². The van der Waals surface area contributed by atoms with Crippen molar-refractivity contribution in [3.8, 4) is 5.75 Å². The quantitative estimate of drug-likeness (QED) is 0.583. The van der Waals surface area contributed by atoms with E-state index in [1.807, 2.05) is 42.2 Å². The van der Waals surface area contributed by atoms with Gasteiger partial charge in [-0.3, -0.25) is 24.4 Å². The van der Waals surface area contributed by atoms with Gasteiger partial charge in [0.2, 0.25) is 0 Å². The number of amides is 2. The molecule has 2 amide bonds. The molecule has 3 heterocycles. The van der Waals surface area contributed by atoms with Crippen molar-refractivity contribution in [3.63, 3.8) is 0 Å². The molecule has 0 spiro atoms. The Morgan fingerprint density at radius 3 is 2.42 bits per heavy atom. The number of β-amino-alcohol motifs (C(OH)–C–C–N with tert-alkyl or cyclic N) is 1. The Morgan fingerprint density at radius 1 is 1.03 bits per heavy atom. The normalized spacial score (nSPS) is 17.3. The number of carbonyl (C=O) groups excluding carboxylic acids is 2. The summed E-state index contributed by atoms with van der Waals surface area (Å²) in [7, 11) is 0. The molecule has 4 rings (SSSR count). The number of aliphatic hydroxyl groups excluding tert-OH is 1. The molecule has 1 aromatic heterocycles. The van der Waals surface area contributed by atoms with Crippen molar-refractivity contribution in [1.29, 1.82) is 0 Å². The van der Waals surface area contributed by atoms with E-state index in [4.69, 9.17) is 4.74 Å². The van der Waals surface area contributed by atoms with Gasteiger partial charge in [-0.15, -0.1) is 0 Å². The molecule has 0 aliphatic carbocycles. The zero-order chi connectivity index (χ0) is 23.2. The predicted octanol–water partition coefficient (Wildman–Crippen LogP) is 1.76. The molecule has 0 atom stereocenters. The van der Waals surface area contributed by atoms with Crippen LogP contribution in [-0.2, 0) is 16.1 Å². The number of pyridine rings is 1. The van der Waals surface area contributed by atoms with Gasteiger partial charge in [-0.2, -0.15) is 0 Å². The van der Waals surface area contributed by atoms with Gasteiger partial charge in [-0.05, 0) is 35.7 Å². The topological polar surface area (TPSA) is 86.2 Å². The molecule has 2 aromatic rings. The van der Waals surface area contributed by atoms with E-state index in [-0.39, 0.29) is 25.0 Å². The predicted molar refractivity (Wildman–Crippen MR) is 124 cm³/mol. The van der Waals surface area contributed by atoms with Crippen LogP contribution in [0.25, 0.3) is 5.57 Å². The summed E-state index contributed by atoms with van der Waals surface area (Å²) >= 11 is 0. The first-order valence-corrected chi connectivity index (χ1v) is 11.4. The number of benzene rings is 1. The largest absolute Gasteiger partial charge is 0.494 e. The maximum atomic E-state index is 13.5. The third-order valence-corrected chi connectivity index (χ3v) is 5.93. The van der Waals surface area contributed by atoms with Crippen molar-refractivity contribution in [3.05, 3.63) is 65.6 Å². The van der Waals surface area contributed by atoms with Gasteiger partial charge in [0.1, 0.15) is 11.4 Å². The SMILES string of the molecule is CCCOc1ccc(C2=C(N3CCN(CCO)CC3)C(=O)N(Cc3cccnc3)C2=O)cc1. The molecule has 33 heavy (non-hydrogen) atoms. The fraction of sp³-hybridized carbons (Fsp3) is 0.400. The standard InChI is InChI=1S/C25H30N4O4/c1-2-16-33-21-7-5-20(6-8-21)22-23(28-12-10-27(11-13-28)14-15-30)25(32)29(24(22)31)18-19-4-3-9-26-17-19/h3-9,17,30H,2,10-16,18H2,1H3.